The van der Waals surface area contributed by atoms with Gasteiger partial charge >= 0.3 is 6.15 Å². The van der Waals surface area contributed by atoms with Gasteiger partial charge in [0.15, 0.2) is 0 Å². The second-order valence-corrected chi connectivity index (χ2v) is 6.22. The number of aromatic amines is 1. The van der Waals surface area contributed by atoms with E-state index in [0.29, 0.717) is 23.6 Å². The summed E-state index contributed by atoms with van der Waals surface area (Å²) in [5, 5.41) is 3.43. The molecule has 1 amide bonds. The lowest BCUT2D eigenvalue weighted by Crippen LogP contribution is -2.12. The molecule has 0 bridgehead atoms. The van der Waals surface area contributed by atoms with Crippen molar-refractivity contribution >= 4 is 29.3 Å². The second kappa shape index (κ2) is 10.6. The van der Waals surface area contributed by atoms with Gasteiger partial charge in [0.25, 0.3) is 0 Å². The molecule has 0 fully saturated rings. The Morgan fingerprint density at radius 1 is 1.00 bits per heavy atom. The first-order chi connectivity index (χ1) is 13.5. The standard InChI is InChI=1S/C20H17ClN2O2.CO2/c21-17-5-2-6-18(12-17)23-20(25)9-7-14-3-1-4-15(11-14)16-8-10-19(24)22-13-16;2-1-3/h1-6,8,10-13H,7,9H2,(H,22,24)(H,23,25);. The van der Waals surface area contributed by atoms with Crippen LogP contribution in [0, 0.1) is 0 Å². The largest absolute Gasteiger partial charge is 0.373 e. The molecule has 0 unspecified atom stereocenters. The van der Waals surface area contributed by atoms with E-state index in [2.05, 4.69) is 10.3 Å². The maximum Gasteiger partial charge on any atom is 0.373 e. The molecule has 1 aromatic heterocycles. The highest BCUT2D eigenvalue weighted by atomic mass is 35.5. The molecule has 142 valence electrons. The Kier molecular flexibility index (Phi) is 7.91. The first-order valence-corrected chi connectivity index (χ1v) is 8.72. The van der Waals surface area contributed by atoms with Crippen molar-refractivity contribution < 1.29 is 14.4 Å². The number of hydrogen-bond acceptors (Lipinski definition) is 4. The van der Waals surface area contributed by atoms with Crippen molar-refractivity contribution in [1.29, 1.82) is 0 Å². The van der Waals surface area contributed by atoms with E-state index in [-0.39, 0.29) is 17.6 Å². The van der Waals surface area contributed by atoms with Gasteiger partial charge in [0.2, 0.25) is 11.5 Å². The maximum atomic E-state index is 12.1. The number of benzene rings is 2. The van der Waals surface area contributed by atoms with Gasteiger partial charge in [-0.05, 0) is 47.4 Å². The second-order valence-electron chi connectivity index (χ2n) is 5.78. The molecule has 6 nitrogen and oxygen atoms in total. The van der Waals surface area contributed by atoms with Gasteiger partial charge < -0.3 is 10.3 Å². The molecular weight excluding hydrogens is 380 g/mol. The van der Waals surface area contributed by atoms with Crippen LogP contribution >= 0.6 is 11.6 Å². The van der Waals surface area contributed by atoms with Crippen LogP contribution in [0.1, 0.15) is 12.0 Å². The summed E-state index contributed by atoms with van der Waals surface area (Å²) in [6, 6.07) is 18.3. The quantitative estimate of drug-likeness (QED) is 0.687. The SMILES string of the molecule is O=C(CCc1cccc(-c2ccc(=O)[nH]c2)c1)Nc1cccc(Cl)c1.O=C=O. The monoisotopic (exact) mass is 396 g/mol. The minimum atomic E-state index is -0.127. The highest BCUT2D eigenvalue weighted by Crippen LogP contribution is 2.20. The molecule has 2 N–H and O–H groups in total. The molecule has 0 aliphatic heterocycles. The average Bonchev–Trinajstić information content (AvgIpc) is 2.68. The Balaban J connectivity index is 0.000000878. The highest BCUT2D eigenvalue weighted by Gasteiger charge is 2.05. The normalized spacial score (nSPS) is 9.61. The lowest BCUT2D eigenvalue weighted by molar-refractivity contribution is -0.191. The fraction of sp³-hybridized carbons (Fsp3) is 0.0952. The van der Waals surface area contributed by atoms with Crippen molar-refractivity contribution in [3.8, 4) is 11.1 Å². The molecule has 0 saturated heterocycles. The molecule has 0 saturated carbocycles. The minimum Gasteiger partial charge on any atom is -0.328 e. The zero-order valence-electron chi connectivity index (χ0n) is 14.8. The molecule has 0 radical (unpaired) electrons. The molecule has 3 aromatic rings. The van der Waals surface area contributed by atoms with Crippen LogP contribution in [0.15, 0.2) is 71.7 Å². The molecule has 7 heteroatoms. The maximum absolute atomic E-state index is 12.1. The van der Waals surface area contributed by atoms with Crippen molar-refractivity contribution in [2.75, 3.05) is 5.32 Å². The minimum absolute atomic E-state index is 0.0586. The third-order valence-electron chi connectivity index (χ3n) is 3.79. The van der Waals surface area contributed by atoms with Crippen LogP contribution in [0.5, 0.6) is 0 Å². The lowest BCUT2D eigenvalue weighted by atomic mass is 10.0. The van der Waals surface area contributed by atoms with E-state index in [1.165, 1.54) is 6.07 Å². The lowest BCUT2D eigenvalue weighted by Gasteiger charge is -2.07. The van der Waals surface area contributed by atoms with Crippen molar-refractivity contribution in [3.05, 3.63) is 87.8 Å². The van der Waals surface area contributed by atoms with E-state index in [4.69, 9.17) is 21.2 Å². The summed E-state index contributed by atoms with van der Waals surface area (Å²) in [5.41, 5.74) is 3.57. The first kappa shape index (κ1) is 20.8. The zero-order valence-corrected chi connectivity index (χ0v) is 15.5. The van der Waals surface area contributed by atoms with Crippen LogP contribution in [-0.2, 0) is 20.8 Å². The van der Waals surface area contributed by atoms with E-state index in [9.17, 15) is 9.59 Å². The van der Waals surface area contributed by atoms with Crippen molar-refractivity contribution in [2.24, 2.45) is 0 Å². The third kappa shape index (κ3) is 6.68. The summed E-state index contributed by atoms with van der Waals surface area (Å²) in [5.74, 6) is -0.0586. The fourth-order valence-electron chi connectivity index (χ4n) is 2.54. The number of anilines is 1. The fourth-order valence-corrected chi connectivity index (χ4v) is 2.73. The number of carbonyl (C=O) groups excluding carboxylic acids is 3. The zero-order chi connectivity index (χ0) is 20.4. The number of aryl methyl sites for hydroxylation is 1. The van der Waals surface area contributed by atoms with Crippen LogP contribution in [-0.4, -0.2) is 17.0 Å². The van der Waals surface area contributed by atoms with Crippen molar-refractivity contribution in [3.63, 3.8) is 0 Å². The van der Waals surface area contributed by atoms with Gasteiger partial charge in [0.05, 0.1) is 0 Å². The highest BCUT2D eigenvalue weighted by molar-refractivity contribution is 6.30. The van der Waals surface area contributed by atoms with Gasteiger partial charge in [0.1, 0.15) is 0 Å². The van der Waals surface area contributed by atoms with Crippen LogP contribution in [0.3, 0.4) is 0 Å². The number of rotatable bonds is 5. The Bertz CT molecular complexity index is 1020. The summed E-state index contributed by atoms with van der Waals surface area (Å²) in [4.78, 5) is 42.2. The molecule has 0 aliphatic rings. The van der Waals surface area contributed by atoms with Crippen LogP contribution in [0.2, 0.25) is 5.02 Å². The molecule has 0 aliphatic carbocycles. The Labute approximate surface area is 166 Å². The van der Waals surface area contributed by atoms with Gasteiger partial charge in [-0.3, -0.25) is 9.59 Å². The third-order valence-corrected chi connectivity index (χ3v) is 4.03. The Hall–Kier alpha value is -3.47. The van der Waals surface area contributed by atoms with E-state index in [1.54, 1.807) is 36.5 Å². The number of carbonyl (C=O) groups is 1. The summed E-state index contributed by atoms with van der Waals surface area (Å²) in [7, 11) is 0. The van der Waals surface area contributed by atoms with E-state index < -0.39 is 0 Å². The van der Waals surface area contributed by atoms with Crippen molar-refractivity contribution in [2.45, 2.75) is 12.8 Å². The summed E-state index contributed by atoms with van der Waals surface area (Å²) >= 11 is 5.91. The molecule has 3 rings (SSSR count). The van der Waals surface area contributed by atoms with Gasteiger partial charge in [-0.2, -0.15) is 9.59 Å². The van der Waals surface area contributed by atoms with E-state index >= 15 is 0 Å². The number of aromatic nitrogens is 1. The Morgan fingerprint density at radius 2 is 1.75 bits per heavy atom. The number of pyridine rings is 1. The molecular formula is C21H17ClN2O4. The summed E-state index contributed by atoms with van der Waals surface area (Å²) < 4.78 is 0. The predicted molar refractivity (Wildman–Crippen MR) is 106 cm³/mol. The first-order valence-electron chi connectivity index (χ1n) is 8.34. The molecule has 0 spiro atoms. The van der Waals surface area contributed by atoms with Crippen LogP contribution < -0.4 is 10.9 Å². The topological polar surface area (TPSA) is 96.1 Å². The molecule has 28 heavy (non-hydrogen) atoms. The number of nitrogens with one attached hydrogen (secondary N) is 2. The number of H-pyrrole nitrogens is 1. The molecule has 1 heterocycles. The van der Waals surface area contributed by atoms with Crippen LogP contribution in [0.4, 0.5) is 5.69 Å². The number of amides is 1. The van der Waals surface area contributed by atoms with Crippen molar-refractivity contribution in [1.82, 2.24) is 4.98 Å². The van der Waals surface area contributed by atoms with Gasteiger partial charge in [-0.25, -0.2) is 0 Å². The smallest absolute Gasteiger partial charge is 0.328 e. The number of halogens is 1. The van der Waals surface area contributed by atoms with E-state index in [0.717, 1.165) is 16.7 Å². The summed E-state index contributed by atoms with van der Waals surface area (Å²) in [6.07, 6.45) is 2.94. The van der Waals surface area contributed by atoms with Gasteiger partial charge in [0, 0.05) is 29.4 Å². The van der Waals surface area contributed by atoms with Gasteiger partial charge in [-0.15, -0.1) is 0 Å². The van der Waals surface area contributed by atoms with E-state index in [1.807, 2.05) is 24.3 Å². The average molecular weight is 397 g/mol. The van der Waals surface area contributed by atoms with Gasteiger partial charge in [-0.1, -0.05) is 41.9 Å². The predicted octanol–water partition coefficient (Wildman–Crippen LogP) is 3.68. The summed E-state index contributed by atoms with van der Waals surface area (Å²) in [6.45, 7) is 0. The Morgan fingerprint density at radius 3 is 2.43 bits per heavy atom. The molecule has 2 aromatic carbocycles. The number of hydrogen-bond donors (Lipinski definition) is 2. The van der Waals surface area contributed by atoms with Crippen LogP contribution in [0.25, 0.3) is 11.1 Å². The molecule has 0 atom stereocenters.